The average molecular weight is 342 g/mol. The van der Waals surface area contributed by atoms with E-state index in [1.807, 2.05) is 25.1 Å². The van der Waals surface area contributed by atoms with Crippen LogP contribution in [-0.4, -0.2) is 27.5 Å². The lowest BCUT2D eigenvalue weighted by Gasteiger charge is -2.21. The highest BCUT2D eigenvalue weighted by Crippen LogP contribution is 2.19. The van der Waals surface area contributed by atoms with Gasteiger partial charge in [-0.25, -0.2) is 5.10 Å². The molecule has 1 N–H and O–H groups in total. The van der Waals surface area contributed by atoms with Crippen LogP contribution >= 0.6 is 11.6 Å². The monoisotopic (exact) mass is 341 g/mol. The summed E-state index contributed by atoms with van der Waals surface area (Å²) in [6, 6.07) is 14.4. The molecule has 0 saturated heterocycles. The lowest BCUT2D eigenvalue weighted by molar-refractivity contribution is 0.0747. The molecule has 0 saturated carbocycles. The first kappa shape index (κ1) is 16.2. The summed E-state index contributed by atoms with van der Waals surface area (Å²) in [4.78, 5) is 26.4. The Balaban J connectivity index is 2.00. The molecule has 0 spiro atoms. The van der Waals surface area contributed by atoms with Crippen LogP contribution in [-0.2, 0) is 6.54 Å². The lowest BCUT2D eigenvalue weighted by Crippen LogP contribution is -2.32. The van der Waals surface area contributed by atoms with Crippen LogP contribution in [0, 0.1) is 0 Å². The minimum atomic E-state index is -0.309. The van der Waals surface area contributed by atoms with Crippen LogP contribution in [0.15, 0.2) is 53.3 Å². The van der Waals surface area contributed by atoms with E-state index in [4.69, 9.17) is 11.6 Å². The highest BCUT2D eigenvalue weighted by atomic mass is 35.5. The van der Waals surface area contributed by atoms with Crippen molar-refractivity contribution in [2.45, 2.75) is 13.5 Å². The molecular weight excluding hydrogens is 326 g/mol. The van der Waals surface area contributed by atoms with Gasteiger partial charge in [-0.1, -0.05) is 48.0 Å². The number of nitrogens with one attached hydrogen (secondary N) is 1. The number of halogens is 1. The van der Waals surface area contributed by atoms with E-state index in [-0.39, 0.29) is 17.2 Å². The summed E-state index contributed by atoms with van der Waals surface area (Å²) in [6.07, 6.45) is 0. The second-order valence-electron chi connectivity index (χ2n) is 5.36. The zero-order chi connectivity index (χ0) is 17.1. The molecule has 6 heteroatoms. The Kier molecular flexibility index (Phi) is 4.62. The molecule has 24 heavy (non-hydrogen) atoms. The molecule has 0 unspecified atom stereocenters. The van der Waals surface area contributed by atoms with Crippen LogP contribution < -0.4 is 5.56 Å². The SMILES string of the molecule is CCN(Cc1ccccc1Cl)C(=O)c1n[nH]c(=O)c2ccccc12. The smallest absolute Gasteiger partial charge is 0.275 e. The maximum atomic E-state index is 12.9. The molecule has 0 bridgehead atoms. The van der Waals surface area contributed by atoms with Crippen LogP contribution in [0.25, 0.3) is 10.8 Å². The van der Waals surface area contributed by atoms with Crippen molar-refractivity contribution in [3.8, 4) is 0 Å². The molecule has 1 aromatic heterocycles. The van der Waals surface area contributed by atoms with E-state index < -0.39 is 0 Å². The number of nitrogens with zero attached hydrogens (tertiary/aromatic N) is 2. The van der Waals surface area contributed by atoms with Crippen LogP contribution in [0.1, 0.15) is 23.0 Å². The van der Waals surface area contributed by atoms with E-state index in [0.29, 0.717) is 28.9 Å². The second kappa shape index (κ2) is 6.84. The minimum Gasteiger partial charge on any atom is -0.333 e. The summed E-state index contributed by atoms with van der Waals surface area (Å²) >= 11 is 6.19. The number of amides is 1. The third-order valence-electron chi connectivity index (χ3n) is 3.89. The predicted molar refractivity (Wildman–Crippen MR) is 94.2 cm³/mol. The van der Waals surface area contributed by atoms with Gasteiger partial charge >= 0.3 is 0 Å². The Labute approximate surface area is 143 Å². The molecule has 1 heterocycles. The quantitative estimate of drug-likeness (QED) is 0.792. The number of carbonyl (C=O) groups excluding carboxylic acids is 1. The fourth-order valence-electron chi connectivity index (χ4n) is 2.59. The highest BCUT2D eigenvalue weighted by Gasteiger charge is 2.20. The largest absolute Gasteiger partial charge is 0.333 e. The van der Waals surface area contributed by atoms with Gasteiger partial charge in [-0.15, -0.1) is 0 Å². The molecule has 0 aliphatic rings. The summed E-state index contributed by atoms with van der Waals surface area (Å²) in [6.45, 7) is 2.77. The van der Waals surface area contributed by atoms with Gasteiger partial charge in [0.05, 0.1) is 5.39 Å². The second-order valence-corrected chi connectivity index (χ2v) is 5.76. The summed E-state index contributed by atoms with van der Waals surface area (Å²) < 4.78 is 0. The molecule has 3 rings (SSSR count). The maximum Gasteiger partial charge on any atom is 0.275 e. The molecule has 2 aromatic carbocycles. The molecule has 0 atom stereocenters. The van der Waals surface area contributed by atoms with E-state index in [0.717, 1.165) is 5.56 Å². The Hall–Kier alpha value is -2.66. The van der Waals surface area contributed by atoms with Crippen molar-refractivity contribution in [2.24, 2.45) is 0 Å². The van der Waals surface area contributed by atoms with Gasteiger partial charge in [-0.2, -0.15) is 5.10 Å². The Morgan fingerprint density at radius 2 is 1.79 bits per heavy atom. The van der Waals surface area contributed by atoms with Crippen LogP contribution in [0.3, 0.4) is 0 Å². The summed E-state index contributed by atoms with van der Waals surface area (Å²) in [7, 11) is 0. The summed E-state index contributed by atoms with van der Waals surface area (Å²) in [5.41, 5.74) is 0.790. The van der Waals surface area contributed by atoms with Gasteiger partial charge in [0.1, 0.15) is 0 Å². The van der Waals surface area contributed by atoms with Crippen LogP contribution in [0.2, 0.25) is 5.02 Å². The zero-order valence-corrected chi connectivity index (χ0v) is 13.9. The van der Waals surface area contributed by atoms with Crippen molar-refractivity contribution in [2.75, 3.05) is 6.54 Å². The molecule has 0 aliphatic heterocycles. The Morgan fingerprint density at radius 3 is 2.50 bits per heavy atom. The van der Waals surface area contributed by atoms with Gasteiger partial charge in [-0.05, 0) is 24.6 Å². The number of benzene rings is 2. The third-order valence-corrected chi connectivity index (χ3v) is 4.26. The number of hydrogen-bond acceptors (Lipinski definition) is 3. The Morgan fingerprint density at radius 1 is 1.12 bits per heavy atom. The predicted octanol–water partition coefficient (Wildman–Crippen LogP) is 3.24. The molecule has 3 aromatic rings. The fourth-order valence-corrected chi connectivity index (χ4v) is 2.78. The number of carbonyl (C=O) groups is 1. The highest BCUT2D eigenvalue weighted by molar-refractivity contribution is 6.31. The van der Waals surface area contributed by atoms with Gasteiger partial charge < -0.3 is 4.90 Å². The van der Waals surface area contributed by atoms with Crippen molar-refractivity contribution in [3.63, 3.8) is 0 Å². The fraction of sp³-hybridized carbons (Fsp3) is 0.167. The number of hydrogen-bond donors (Lipinski definition) is 1. The minimum absolute atomic E-state index is 0.235. The van der Waals surface area contributed by atoms with E-state index in [1.165, 1.54) is 0 Å². The first-order valence-corrected chi connectivity index (χ1v) is 7.99. The van der Waals surface area contributed by atoms with E-state index in [1.54, 1.807) is 35.2 Å². The summed E-state index contributed by atoms with van der Waals surface area (Å²) in [5, 5.41) is 7.98. The molecule has 0 aliphatic carbocycles. The third kappa shape index (κ3) is 3.03. The van der Waals surface area contributed by atoms with Crippen LogP contribution in [0.5, 0.6) is 0 Å². The van der Waals surface area contributed by atoms with Crippen molar-refractivity contribution in [1.29, 1.82) is 0 Å². The number of aromatic nitrogens is 2. The zero-order valence-electron chi connectivity index (χ0n) is 13.1. The Bertz CT molecular complexity index is 952. The number of rotatable bonds is 4. The number of aromatic amines is 1. The van der Waals surface area contributed by atoms with E-state index in [2.05, 4.69) is 10.2 Å². The van der Waals surface area contributed by atoms with Gasteiger partial charge in [0.2, 0.25) is 0 Å². The summed E-state index contributed by atoms with van der Waals surface area (Å²) in [5.74, 6) is -0.245. The normalized spacial score (nSPS) is 10.8. The molecule has 0 radical (unpaired) electrons. The first-order chi connectivity index (χ1) is 11.6. The van der Waals surface area contributed by atoms with Crippen LogP contribution in [0.4, 0.5) is 0 Å². The number of fused-ring (bicyclic) bond motifs is 1. The van der Waals surface area contributed by atoms with Crippen molar-refractivity contribution in [1.82, 2.24) is 15.1 Å². The van der Waals surface area contributed by atoms with Gasteiger partial charge in [-0.3, -0.25) is 9.59 Å². The number of H-pyrrole nitrogens is 1. The molecule has 5 nitrogen and oxygen atoms in total. The van der Waals surface area contributed by atoms with Gasteiger partial charge in [0, 0.05) is 23.5 Å². The van der Waals surface area contributed by atoms with Gasteiger partial charge in [0.25, 0.3) is 11.5 Å². The first-order valence-electron chi connectivity index (χ1n) is 7.62. The van der Waals surface area contributed by atoms with Crippen molar-refractivity contribution >= 4 is 28.3 Å². The van der Waals surface area contributed by atoms with Crippen molar-refractivity contribution in [3.05, 3.63) is 75.2 Å². The lowest BCUT2D eigenvalue weighted by atomic mass is 10.1. The standard InChI is InChI=1S/C18H16ClN3O2/c1-2-22(11-12-7-3-6-10-15(12)19)18(24)16-13-8-4-5-9-14(13)17(23)21-20-16/h3-10H,2,11H2,1H3,(H,21,23). The molecular formula is C18H16ClN3O2. The van der Waals surface area contributed by atoms with Crippen molar-refractivity contribution < 1.29 is 4.79 Å². The van der Waals surface area contributed by atoms with E-state index in [9.17, 15) is 9.59 Å². The maximum absolute atomic E-state index is 12.9. The molecule has 0 fully saturated rings. The average Bonchev–Trinajstić information content (AvgIpc) is 2.61. The van der Waals surface area contributed by atoms with Gasteiger partial charge in [0.15, 0.2) is 5.69 Å². The topological polar surface area (TPSA) is 66.1 Å². The molecule has 1 amide bonds. The molecule has 122 valence electrons. The van der Waals surface area contributed by atoms with E-state index >= 15 is 0 Å².